The van der Waals surface area contributed by atoms with Gasteiger partial charge in [0.05, 0.1) is 13.2 Å². The molecule has 1 fully saturated rings. The summed E-state index contributed by atoms with van der Waals surface area (Å²) in [6.45, 7) is 2.40. The van der Waals surface area contributed by atoms with E-state index < -0.39 is 5.60 Å². The van der Waals surface area contributed by atoms with Gasteiger partial charge in [0.1, 0.15) is 17.0 Å². The van der Waals surface area contributed by atoms with E-state index in [1.807, 2.05) is 24.3 Å². The van der Waals surface area contributed by atoms with Crippen molar-refractivity contribution < 1.29 is 14.6 Å². The molecule has 0 radical (unpaired) electrons. The Balaban J connectivity index is 1.86. The molecule has 1 aliphatic rings. The van der Waals surface area contributed by atoms with Gasteiger partial charge in [-0.2, -0.15) is 5.10 Å². The Hall–Kier alpha value is -2.34. The van der Waals surface area contributed by atoms with Crippen molar-refractivity contribution in [2.45, 2.75) is 31.4 Å². The molecule has 23 heavy (non-hydrogen) atoms. The van der Waals surface area contributed by atoms with Crippen molar-refractivity contribution in [3.05, 3.63) is 47.8 Å². The van der Waals surface area contributed by atoms with Crippen molar-refractivity contribution in [2.24, 2.45) is 0 Å². The lowest BCUT2D eigenvalue weighted by atomic mass is 9.86. The Morgan fingerprint density at radius 3 is 2.74 bits per heavy atom. The quantitative estimate of drug-likeness (QED) is 0.903. The Morgan fingerprint density at radius 1 is 1.39 bits per heavy atom. The first kappa shape index (κ1) is 15.6. The Bertz CT molecular complexity index is 665. The number of carbonyl (C=O) groups is 1. The van der Waals surface area contributed by atoms with Gasteiger partial charge in [-0.1, -0.05) is 12.1 Å². The number of aliphatic hydroxyl groups is 1. The van der Waals surface area contributed by atoms with Crippen LogP contribution in [-0.2, 0) is 5.60 Å². The van der Waals surface area contributed by atoms with Gasteiger partial charge in [0.25, 0.3) is 5.91 Å². The molecule has 122 valence electrons. The number of nitrogens with one attached hydrogen (secondary N) is 1. The molecule has 1 amide bonds. The van der Waals surface area contributed by atoms with Gasteiger partial charge in [0.2, 0.25) is 0 Å². The summed E-state index contributed by atoms with van der Waals surface area (Å²) in [6, 6.07) is 8.71. The van der Waals surface area contributed by atoms with Gasteiger partial charge in [0.15, 0.2) is 0 Å². The fourth-order valence-electron chi connectivity index (χ4n) is 3.24. The number of aromatic nitrogens is 2. The van der Waals surface area contributed by atoms with Crippen LogP contribution in [0, 0.1) is 0 Å². The van der Waals surface area contributed by atoms with Crippen LogP contribution in [0.15, 0.2) is 36.5 Å². The molecule has 1 aromatic heterocycles. The monoisotopic (exact) mass is 315 g/mol. The van der Waals surface area contributed by atoms with Crippen molar-refractivity contribution in [3.63, 3.8) is 0 Å². The van der Waals surface area contributed by atoms with E-state index in [1.54, 1.807) is 31.2 Å². The van der Waals surface area contributed by atoms with Gasteiger partial charge in [-0.3, -0.25) is 9.89 Å². The van der Waals surface area contributed by atoms with Crippen molar-refractivity contribution in [1.29, 1.82) is 0 Å². The molecule has 2 aromatic rings. The Labute approximate surface area is 135 Å². The number of nitrogens with zero attached hydrogens (tertiary/aromatic N) is 2. The number of hydrogen-bond acceptors (Lipinski definition) is 4. The molecular weight excluding hydrogens is 294 g/mol. The van der Waals surface area contributed by atoms with Crippen LogP contribution < -0.4 is 4.74 Å². The average molecular weight is 315 g/mol. The highest BCUT2D eigenvalue weighted by atomic mass is 16.5. The SMILES string of the molecule is COc1ccc(C(C)(O)C2CCCN2C(=O)c2ccn[nH]2)cc1. The maximum Gasteiger partial charge on any atom is 0.272 e. The molecule has 1 saturated heterocycles. The summed E-state index contributed by atoms with van der Waals surface area (Å²) in [6.07, 6.45) is 3.19. The molecule has 2 atom stereocenters. The van der Waals surface area contributed by atoms with E-state index in [-0.39, 0.29) is 11.9 Å². The number of rotatable bonds is 4. The molecule has 6 nitrogen and oxygen atoms in total. The van der Waals surface area contributed by atoms with Crippen LogP contribution >= 0.6 is 0 Å². The second-order valence-corrected chi connectivity index (χ2v) is 6.00. The van der Waals surface area contributed by atoms with Crippen LogP contribution in [0.4, 0.5) is 0 Å². The standard InChI is InChI=1S/C17H21N3O3/c1-17(22,12-5-7-13(23-2)8-6-12)15-4-3-11-20(15)16(21)14-9-10-18-19-14/h5-10,15,22H,3-4,11H2,1-2H3,(H,18,19). The summed E-state index contributed by atoms with van der Waals surface area (Å²) in [5.41, 5.74) is 0.0911. The number of aromatic amines is 1. The number of hydrogen-bond donors (Lipinski definition) is 2. The molecule has 0 saturated carbocycles. The van der Waals surface area contributed by atoms with Crippen LogP contribution in [-0.4, -0.2) is 45.8 Å². The molecule has 2 unspecified atom stereocenters. The van der Waals surface area contributed by atoms with E-state index >= 15 is 0 Å². The van der Waals surface area contributed by atoms with E-state index in [2.05, 4.69) is 10.2 Å². The van der Waals surface area contributed by atoms with Crippen molar-refractivity contribution in [3.8, 4) is 5.75 Å². The second kappa shape index (κ2) is 6.04. The van der Waals surface area contributed by atoms with Gasteiger partial charge < -0.3 is 14.7 Å². The van der Waals surface area contributed by atoms with Gasteiger partial charge >= 0.3 is 0 Å². The minimum Gasteiger partial charge on any atom is -0.497 e. The van der Waals surface area contributed by atoms with E-state index in [0.717, 1.165) is 24.2 Å². The molecule has 0 spiro atoms. The van der Waals surface area contributed by atoms with Crippen LogP contribution in [0.25, 0.3) is 0 Å². The summed E-state index contributed by atoms with van der Waals surface area (Å²) in [7, 11) is 1.61. The summed E-state index contributed by atoms with van der Waals surface area (Å²) in [5, 5.41) is 17.6. The zero-order valence-corrected chi connectivity index (χ0v) is 13.3. The Morgan fingerprint density at radius 2 is 2.13 bits per heavy atom. The highest BCUT2D eigenvalue weighted by Gasteiger charge is 2.43. The fourth-order valence-corrected chi connectivity index (χ4v) is 3.24. The summed E-state index contributed by atoms with van der Waals surface area (Å²) in [5.74, 6) is 0.611. The molecule has 0 bridgehead atoms. The first-order valence-corrected chi connectivity index (χ1v) is 7.71. The van der Waals surface area contributed by atoms with Gasteiger partial charge in [0, 0.05) is 12.7 Å². The molecule has 6 heteroatoms. The van der Waals surface area contributed by atoms with Crippen LogP contribution in [0.1, 0.15) is 35.8 Å². The summed E-state index contributed by atoms with van der Waals surface area (Å²) in [4.78, 5) is 14.4. The van der Waals surface area contributed by atoms with Crippen LogP contribution in [0.5, 0.6) is 5.75 Å². The van der Waals surface area contributed by atoms with E-state index in [9.17, 15) is 9.90 Å². The smallest absolute Gasteiger partial charge is 0.272 e. The van der Waals surface area contributed by atoms with Gasteiger partial charge in [-0.05, 0) is 43.5 Å². The predicted octanol–water partition coefficient (Wildman–Crippen LogP) is 1.93. The number of amides is 1. The average Bonchev–Trinajstić information content (AvgIpc) is 3.25. The normalized spacial score (nSPS) is 20.3. The predicted molar refractivity (Wildman–Crippen MR) is 85.2 cm³/mol. The molecule has 1 aliphatic heterocycles. The summed E-state index contributed by atoms with van der Waals surface area (Å²) < 4.78 is 5.16. The van der Waals surface area contributed by atoms with Crippen molar-refractivity contribution >= 4 is 5.91 Å². The van der Waals surface area contributed by atoms with Crippen LogP contribution in [0.2, 0.25) is 0 Å². The molecule has 3 rings (SSSR count). The molecule has 2 N–H and O–H groups in total. The van der Waals surface area contributed by atoms with Crippen molar-refractivity contribution in [1.82, 2.24) is 15.1 Å². The zero-order chi connectivity index (χ0) is 16.4. The molecule has 0 aliphatic carbocycles. The lowest BCUT2D eigenvalue weighted by Gasteiger charge is -2.36. The lowest BCUT2D eigenvalue weighted by Crippen LogP contribution is -2.48. The van der Waals surface area contributed by atoms with Gasteiger partial charge in [-0.15, -0.1) is 0 Å². The zero-order valence-electron chi connectivity index (χ0n) is 13.3. The number of likely N-dealkylation sites (tertiary alicyclic amines) is 1. The number of benzene rings is 1. The molecule has 2 heterocycles. The third-order valence-corrected chi connectivity index (χ3v) is 4.57. The third kappa shape index (κ3) is 2.82. The number of methoxy groups -OCH3 is 1. The van der Waals surface area contributed by atoms with Gasteiger partial charge in [-0.25, -0.2) is 0 Å². The van der Waals surface area contributed by atoms with Crippen LogP contribution in [0.3, 0.4) is 0 Å². The maximum atomic E-state index is 12.6. The highest BCUT2D eigenvalue weighted by molar-refractivity contribution is 5.92. The summed E-state index contributed by atoms with van der Waals surface area (Å²) >= 11 is 0. The Kier molecular flexibility index (Phi) is 4.09. The number of ether oxygens (including phenoxy) is 1. The molecule has 1 aromatic carbocycles. The highest BCUT2D eigenvalue weighted by Crippen LogP contribution is 2.35. The third-order valence-electron chi connectivity index (χ3n) is 4.57. The lowest BCUT2D eigenvalue weighted by molar-refractivity contribution is -0.0179. The van der Waals surface area contributed by atoms with E-state index in [0.29, 0.717) is 12.2 Å². The number of H-pyrrole nitrogens is 1. The second-order valence-electron chi connectivity index (χ2n) is 6.00. The fraction of sp³-hybridized carbons (Fsp3) is 0.412. The van der Waals surface area contributed by atoms with E-state index in [1.165, 1.54) is 0 Å². The minimum atomic E-state index is -1.13. The first-order valence-electron chi connectivity index (χ1n) is 7.71. The number of carbonyl (C=O) groups excluding carboxylic acids is 1. The molecular formula is C17H21N3O3. The first-order chi connectivity index (χ1) is 11.0. The van der Waals surface area contributed by atoms with E-state index in [4.69, 9.17) is 4.74 Å². The largest absolute Gasteiger partial charge is 0.497 e. The maximum absolute atomic E-state index is 12.6. The van der Waals surface area contributed by atoms with Crippen molar-refractivity contribution in [2.75, 3.05) is 13.7 Å². The topological polar surface area (TPSA) is 78.5 Å². The minimum absolute atomic E-state index is 0.126.